The molecule has 0 aliphatic heterocycles. The topological polar surface area (TPSA) is 84.3 Å². The average Bonchev–Trinajstić information content (AvgIpc) is 2.89. The van der Waals surface area contributed by atoms with E-state index in [1.807, 2.05) is 12.1 Å². The average molecular weight is 370 g/mol. The number of carbonyl (C=O) groups is 1. The van der Waals surface area contributed by atoms with Gasteiger partial charge in [-0.15, -0.1) is 11.3 Å². The van der Waals surface area contributed by atoms with E-state index in [1.165, 1.54) is 17.4 Å². The molecule has 0 aliphatic carbocycles. The highest BCUT2D eigenvalue weighted by molar-refractivity contribution is 9.11. The highest BCUT2D eigenvalue weighted by atomic mass is 79.9. The van der Waals surface area contributed by atoms with Gasteiger partial charge < -0.3 is 10.6 Å². The minimum atomic E-state index is -0.553. The number of halogens is 1. The van der Waals surface area contributed by atoms with Gasteiger partial charge in [-0.1, -0.05) is 6.07 Å². The molecule has 2 rings (SSSR count). The van der Waals surface area contributed by atoms with Crippen LogP contribution in [0.2, 0.25) is 0 Å². The van der Waals surface area contributed by atoms with Crippen LogP contribution in [0.5, 0.6) is 0 Å². The Morgan fingerprint density at radius 3 is 2.71 bits per heavy atom. The van der Waals surface area contributed by atoms with Gasteiger partial charge in [0.15, 0.2) is 0 Å². The summed E-state index contributed by atoms with van der Waals surface area (Å²) in [5.41, 5.74) is 0.138. The van der Waals surface area contributed by atoms with Crippen LogP contribution in [-0.2, 0) is 6.54 Å². The second-order valence-corrected chi connectivity index (χ2v) is 6.64. The first kappa shape index (κ1) is 15.5. The van der Waals surface area contributed by atoms with Gasteiger partial charge in [0.25, 0.3) is 5.91 Å². The molecule has 0 aliphatic rings. The summed E-state index contributed by atoms with van der Waals surface area (Å²) in [4.78, 5) is 23.7. The van der Waals surface area contributed by atoms with Crippen molar-refractivity contribution < 1.29 is 9.72 Å². The predicted octanol–water partition coefficient (Wildman–Crippen LogP) is 3.39. The lowest BCUT2D eigenvalue weighted by molar-refractivity contribution is -0.384. The van der Waals surface area contributed by atoms with E-state index in [0.29, 0.717) is 12.2 Å². The quantitative estimate of drug-likeness (QED) is 0.624. The number of benzene rings is 1. The number of hydrogen-bond acceptors (Lipinski definition) is 5. The second kappa shape index (κ2) is 6.68. The summed E-state index contributed by atoms with van der Waals surface area (Å²) in [7, 11) is 1.58. The van der Waals surface area contributed by atoms with Crippen molar-refractivity contribution in [3.8, 4) is 0 Å². The molecule has 2 N–H and O–H groups in total. The van der Waals surface area contributed by atoms with E-state index in [4.69, 9.17) is 0 Å². The summed E-state index contributed by atoms with van der Waals surface area (Å²) in [5.74, 6) is -0.469. The number of hydrogen-bond donors (Lipinski definition) is 2. The number of nitro benzene ring substituents is 1. The van der Waals surface area contributed by atoms with E-state index in [2.05, 4.69) is 26.6 Å². The van der Waals surface area contributed by atoms with Gasteiger partial charge in [0, 0.05) is 11.9 Å². The monoisotopic (exact) mass is 369 g/mol. The highest BCUT2D eigenvalue weighted by Crippen LogP contribution is 2.28. The molecule has 1 heterocycles. The number of rotatable bonds is 5. The normalized spacial score (nSPS) is 10.2. The van der Waals surface area contributed by atoms with Gasteiger partial charge in [0.1, 0.15) is 11.3 Å². The van der Waals surface area contributed by atoms with Gasteiger partial charge in [0.2, 0.25) is 0 Å². The van der Waals surface area contributed by atoms with Crippen molar-refractivity contribution in [1.82, 2.24) is 5.32 Å². The van der Waals surface area contributed by atoms with Crippen LogP contribution < -0.4 is 10.6 Å². The van der Waals surface area contributed by atoms with Crippen LogP contribution in [-0.4, -0.2) is 17.9 Å². The van der Waals surface area contributed by atoms with Crippen LogP contribution in [0.15, 0.2) is 34.1 Å². The lowest BCUT2D eigenvalue weighted by atomic mass is 10.1. The van der Waals surface area contributed by atoms with Gasteiger partial charge in [-0.25, -0.2) is 0 Å². The van der Waals surface area contributed by atoms with Gasteiger partial charge in [-0.3, -0.25) is 14.9 Å². The molecule has 0 atom stereocenters. The van der Waals surface area contributed by atoms with Crippen LogP contribution >= 0.6 is 27.3 Å². The third-order valence-electron chi connectivity index (χ3n) is 2.78. The number of anilines is 1. The summed E-state index contributed by atoms with van der Waals surface area (Å²) in [6.45, 7) is 0.329. The maximum Gasteiger partial charge on any atom is 0.305 e. The Morgan fingerprint density at radius 1 is 1.38 bits per heavy atom. The molecule has 21 heavy (non-hydrogen) atoms. The van der Waals surface area contributed by atoms with E-state index in [0.717, 1.165) is 8.66 Å². The zero-order valence-electron chi connectivity index (χ0n) is 11.1. The molecule has 1 aromatic heterocycles. The molecule has 0 fully saturated rings. The Labute approximate surface area is 133 Å². The SMILES string of the molecule is CNc1cccc(C(=O)NCc2ccc(Br)s2)c1[N+](=O)[O-]. The molecular formula is C13H12BrN3O3S. The van der Waals surface area contributed by atoms with Crippen molar-refractivity contribution in [3.05, 3.63) is 54.7 Å². The third kappa shape index (κ3) is 3.59. The number of amides is 1. The molecule has 1 aromatic carbocycles. The molecule has 0 saturated heterocycles. The minimum Gasteiger partial charge on any atom is -0.383 e. The summed E-state index contributed by atoms with van der Waals surface area (Å²) in [6.07, 6.45) is 0. The smallest absolute Gasteiger partial charge is 0.305 e. The molecule has 0 radical (unpaired) electrons. The van der Waals surface area contributed by atoms with Crippen LogP contribution in [0.25, 0.3) is 0 Å². The first-order chi connectivity index (χ1) is 10.0. The number of nitro groups is 1. The molecule has 0 spiro atoms. The zero-order valence-corrected chi connectivity index (χ0v) is 13.5. The van der Waals surface area contributed by atoms with Gasteiger partial charge in [0.05, 0.1) is 15.3 Å². The fourth-order valence-electron chi connectivity index (χ4n) is 1.83. The van der Waals surface area contributed by atoms with Crippen molar-refractivity contribution in [2.75, 3.05) is 12.4 Å². The van der Waals surface area contributed by atoms with Crippen molar-refractivity contribution >= 4 is 44.5 Å². The van der Waals surface area contributed by atoms with Crippen molar-refractivity contribution in [2.24, 2.45) is 0 Å². The number of nitrogens with zero attached hydrogens (tertiary/aromatic N) is 1. The highest BCUT2D eigenvalue weighted by Gasteiger charge is 2.23. The Kier molecular flexibility index (Phi) is 4.92. The van der Waals surface area contributed by atoms with E-state index in [1.54, 1.807) is 19.2 Å². The first-order valence-electron chi connectivity index (χ1n) is 6.00. The van der Waals surface area contributed by atoms with Crippen LogP contribution in [0.4, 0.5) is 11.4 Å². The number of nitrogens with one attached hydrogen (secondary N) is 2. The van der Waals surface area contributed by atoms with E-state index in [9.17, 15) is 14.9 Å². The molecule has 1 amide bonds. The van der Waals surface area contributed by atoms with Crippen LogP contribution in [0.1, 0.15) is 15.2 Å². The number of carbonyl (C=O) groups excluding carboxylic acids is 1. The summed E-state index contributed by atoms with van der Waals surface area (Å²) in [6, 6.07) is 8.38. The maximum atomic E-state index is 12.2. The standard InChI is InChI=1S/C13H12BrN3O3S/c1-15-10-4-2-3-9(12(10)17(19)20)13(18)16-7-8-5-6-11(14)21-8/h2-6,15H,7H2,1H3,(H,16,18). The van der Waals surface area contributed by atoms with Crippen molar-refractivity contribution in [1.29, 1.82) is 0 Å². The molecule has 8 heteroatoms. The van der Waals surface area contributed by atoms with Crippen LogP contribution in [0, 0.1) is 10.1 Å². The maximum absolute atomic E-state index is 12.2. The lowest BCUT2D eigenvalue weighted by Gasteiger charge is -2.08. The molecule has 0 unspecified atom stereocenters. The van der Waals surface area contributed by atoms with E-state index in [-0.39, 0.29) is 11.3 Å². The Balaban J connectivity index is 2.20. The Bertz CT molecular complexity index is 687. The fraction of sp³-hybridized carbons (Fsp3) is 0.154. The molecular weight excluding hydrogens is 358 g/mol. The Hall–Kier alpha value is -1.93. The van der Waals surface area contributed by atoms with Crippen LogP contribution in [0.3, 0.4) is 0 Å². The molecule has 2 aromatic rings. The van der Waals surface area contributed by atoms with E-state index < -0.39 is 10.8 Å². The number of para-hydroxylation sites is 1. The summed E-state index contributed by atoms with van der Waals surface area (Å²) in [5, 5.41) is 16.6. The second-order valence-electron chi connectivity index (χ2n) is 4.10. The molecule has 110 valence electrons. The molecule has 0 saturated carbocycles. The predicted molar refractivity (Wildman–Crippen MR) is 85.8 cm³/mol. The molecule has 6 nitrogen and oxygen atoms in total. The van der Waals surface area contributed by atoms with Gasteiger partial charge in [-0.2, -0.15) is 0 Å². The van der Waals surface area contributed by atoms with E-state index >= 15 is 0 Å². The molecule has 0 bridgehead atoms. The zero-order chi connectivity index (χ0) is 15.4. The lowest BCUT2D eigenvalue weighted by Crippen LogP contribution is -2.23. The van der Waals surface area contributed by atoms with Gasteiger partial charge >= 0.3 is 5.69 Å². The Morgan fingerprint density at radius 2 is 2.14 bits per heavy atom. The summed E-state index contributed by atoms with van der Waals surface area (Å²) < 4.78 is 0.968. The van der Waals surface area contributed by atoms with Gasteiger partial charge in [-0.05, 0) is 40.2 Å². The summed E-state index contributed by atoms with van der Waals surface area (Å²) >= 11 is 4.84. The van der Waals surface area contributed by atoms with Crippen molar-refractivity contribution in [3.63, 3.8) is 0 Å². The fourth-order valence-corrected chi connectivity index (χ4v) is 3.26. The van der Waals surface area contributed by atoms with Crippen molar-refractivity contribution in [2.45, 2.75) is 6.54 Å². The number of thiophene rings is 1. The third-order valence-corrected chi connectivity index (χ3v) is 4.41. The largest absolute Gasteiger partial charge is 0.383 e. The minimum absolute atomic E-state index is 0.0440. The first-order valence-corrected chi connectivity index (χ1v) is 7.61.